The van der Waals surface area contributed by atoms with Crippen molar-refractivity contribution in [1.82, 2.24) is 9.55 Å². The second-order valence-corrected chi connectivity index (χ2v) is 5.06. The number of nitrogens with two attached hydrogens (primary N) is 1. The quantitative estimate of drug-likeness (QED) is 0.780. The van der Waals surface area contributed by atoms with Crippen LogP contribution in [0.2, 0.25) is 0 Å². The fourth-order valence-corrected chi connectivity index (χ4v) is 2.96. The molecule has 1 saturated carbocycles. The molecule has 3 N–H and O–H groups in total. The summed E-state index contributed by atoms with van der Waals surface area (Å²) in [5, 5.41) is 9.33. The summed E-state index contributed by atoms with van der Waals surface area (Å²) < 4.78 is 2.34. The fraction of sp³-hybridized carbons (Fsp3) is 0.750. The molecule has 0 amide bonds. The van der Waals surface area contributed by atoms with Crippen LogP contribution in [0.3, 0.4) is 0 Å². The van der Waals surface area contributed by atoms with Crippen LogP contribution in [0.4, 0.5) is 0 Å². The maximum Gasteiger partial charge on any atom is 0.112 e. The Kier molecular flexibility index (Phi) is 2.48. The van der Waals surface area contributed by atoms with Crippen LogP contribution in [0.15, 0.2) is 0 Å². The zero-order valence-corrected chi connectivity index (χ0v) is 9.52. The fourth-order valence-electron chi connectivity index (χ4n) is 2.96. The van der Waals surface area contributed by atoms with Gasteiger partial charge in [-0.3, -0.25) is 0 Å². The SMILES string of the molecule is NC1CC(c2nc(CO)c3n2CCCC3)C1. The number of aliphatic hydroxyl groups is 1. The largest absolute Gasteiger partial charge is 0.390 e. The number of rotatable bonds is 2. The Bertz CT molecular complexity index is 393. The minimum atomic E-state index is 0.0775. The zero-order chi connectivity index (χ0) is 11.1. The topological polar surface area (TPSA) is 64.1 Å². The molecule has 1 aromatic rings. The molecule has 0 radical (unpaired) electrons. The van der Waals surface area contributed by atoms with Crippen LogP contribution in [0.25, 0.3) is 0 Å². The molecule has 4 nitrogen and oxygen atoms in total. The van der Waals surface area contributed by atoms with E-state index in [2.05, 4.69) is 9.55 Å². The molecule has 0 saturated heterocycles. The standard InChI is InChI=1S/C12H19N3O/c13-9-5-8(6-9)12-14-10(7-16)11-3-1-2-4-15(11)12/h8-9,16H,1-7,13H2. The van der Waals surface area contributed by atoms with Crippen molar-refractivity contribution >= 4 is 0 Å². The lowest BCUT2D eigenvalue weighted by Gasteiger charge is -2.33. The van der Waals surface area contributed by atoms with E-state index in [1.54, 1.807) is 0 Å². The minimum Gasteiger partial charge on any atom is -0.390 e. The first-order valence-electron chi connectivity index (χ1n) is 6.24. The van der Waals surface area contributed by atoms with E-state index >= 15 is 0 Å². The van der Waals surface area contributed by atoms with Gasteiger partial charge in [-0.25, -0.2) is 4.98 Å². The van der Waals surface area contributed by atoms with Crippen molar-refractivity contribution in [2.75, 3.05) is 0 Å². The van der Waals surface area contributed by atoms with Crippen LogP contribution in [0.1, 0.15) is 48.8 Å². The van der Waals surface area contributed by atoms with Gasteiger partial charge < -0.3 is 15.4 Å². The Morgan fingerprint density at radius 3 is 2.88 bits per heavy atom. The Labute approximate surface area is 95.5 Å². The summed E-state index contributed by atoms with van der Waals surface area (Å²) in [7, 11) is 0. The molecule has 2 heterocycles. The van der Waals surface area contributed by atoms with Crippen molar-refractivity contribution in [3.05, 3.63) is 17.2 Å². The van der Waals surface area contributed by atoms with E-state index in [4.69, 9.17) is 5.73 Å². The molecule has 0 unspecified atom stereocenters. The Balaban J connectivity index is 1.95. The van der Waals surface area contributed by atoms with Gasteiger partial charge in [-0.15, -0.1) is 0 Å². The molecular weight excluding hydrogens is 202 g/mol. The number of nitrogens with zero attached hydrogens (tertiary/aromatic N) is 2. The molecule has 1 aliphatic carbocycles. The average molecular weight is 221 g/mol. The molecule has 1 fully saturated rings. The number of aromatic nitrogens is 2. The van der Waals surface area contributed by atoms with Crippen molar-refractivity contribution in [1.29, 1.82) is 0 Å². The molecule has 0 aromatic carbocycles. The molecule has 0 spiro atoms. The molecule has 16 heavy (non-hydrogen) atoms. The van der Waals surface area contributed by atoms with Crippen LogP contribution < -0.4 is 5.73 Å². The van der Waals surface area contributed by atoms with E-state index in [9.17, 15) is 5.11 Å². The third-order valence-corrected chi connectivity index (χ3v) is 3.92. The highest BCUT2D eigenvalue weighted by molar-refractivity contribution is 5.22. The van der Waals surface area contributed by atoms with Gasteiger partial charge in [0.15, 0.2) is 0 Å². The maximum absolute atomic E-state index is 9.33. The number of hydrogen-bond acceptors (Lipinski definition) is 3. The van der Waals surface area contributed by atoms with E-state index in [0.29, 0.717) is 12.0 Å². The van der Waals surface area contributed by atoms with E-state index in [0.717, 1.165) is 31.5 Å². The highest BCUT2D eigenvalue weighted by Gasteiger charge is 2.33. The highest BCUT2D eigenvalue weighted by Crippen LogP contribution is 2.37. The Hall–Kier alpha value is -0.870. The summed E-state index contributed by atoms with van der Waals surface area (Å²) in [5.74, 6) is 1.72. The van der Waals surface area contributed by atoms with Gasteiger partial charge in [-0.05, 0) is 32.1 Å². The van der Waals surface area contributed by atoms with Crippen molar-refractivity contribution in [3.63, 3.8) is 0 Å². The van der Waals surface area contributed by atoms with Crippen LogP contribution >= 0.6 is 0 Å². The Morgan fingerprint density at radius 1 is 1.38 bits per heavy atom. The predicted octanol–water partition coefficient (Wildman–Crippen LogP) is 0.916. The Morgan fingerprint density at radius 2 is 2.19 bits per heavy atom. The van der Waals surface area contributed by atoms with Crippen LogP contribution in [-0.2, 0) is 19.6 Å². The summed E-state index contributed by atoms with van der Waals surface area (Å²) in [5.41, 5.74) is 8.00. The zero-order valence-electron chi connectivity index (χ0n) is 9.52. The lowest BCUT2D eigenvalue weighted by atomic mass is 9.80. The third-order valence-electron chi connectivity index (χ3n) is 3.92. The number of aliphatic hydroxyl groups excluding tert-OH is 1. The second kappa shape index (κ2) is 3.86. The van der Waals surface area contributed by atoms with E-state index in [1.807, 2.05) is 0 Å². The molecule has 1 aliphatic heterocycles. The number of fused-ring (bicyclic) bond motifs is 1. The summed E-state index contributed by atoms with van der Waals surface area (Å²) in [6.45, 7) is 1.15. The van der Waals surface area contributed by atoms with Crippen molar-refractivity contribution in [2.24, 2.45) is 5.73 Å². The van der Waals surface area contributed by atoms with Crippen molar-refractivity contribution in [2.45, 2.75) is 57.2 Å². The second-order valence-electron chi connectivity index (χ2n) is 5.06. The minimum absolute atomic E-state index is 0.0775. The van der Waals surface area contributed by atoms with Gasteiger partial charge >= 0.3 is 0 Å². The van der Waals surface area contributed by atoms with Gasteiger partial charge in [0, 0.05) is 24.2 Å². The summed E-state index contributed by atoms with van der Waals surface area (Å²) in [4.78, 5) is 4.62. The molecular formula is C12H19N3O. The molecule has 4 heteroatoms. The normalized spacial score (nSPS) is 28.6. The van der Waals surface area contributed by atoms with Gasteiger partial charge in [-0.2, -0.15) is 0 Å². The van der Waals surface area contributed by atoms with Crippen molar-refractivity contribution < 1.29 is 5.11 Å². The monoisotopic (exact) mass is 221 g/mol. The van der Waals surface area contributed by atoms with Gasteiger partial charge in [0.2, 0.25) is 0 Å². The molecule has 88 valence electrons. The smallest absolute Gasteiger partial charge is 0.112 e. The molecule has 0 atom stereocenters. The first kappa shape index (κ1) is 10.3. The summed E-state index contributed by atoms with van der Waals surface area (Å²) in [6.07, 6.45) is 5.65. The van der Waals surface area contributed by atoms with E-state index < -0.39 is 0 Å². The molecule has 2 aliphatic rings. The van der Waals surface area contributed by atoms with Gasteiger partial charge in [0.1, 0.15) is 5.82 Å². The summed E-state index contributed by atoms with van der Waals surface area (Å²) >= 11 is 0. The number of hydrogen-bond donors (Lipinski definition) is 2. The van der Waals surface area contributed by atoms with E-state index in [1.165, 1.54) is 24.4 Å². The van der Waals surface area contributed by atoms with E-state index in [-0.39, 0.29) is 6.61 Å². The highest BCUT2D eigenvalue weighted by atomic mass is 16.3. The molecule has 0 bridgehead atoms. The average Bonchev–Trinajstić information content (AvgIpc) is 2.63. The molecule has 3 rings (SSSR count). The molecule has 1 aromatic heterocycles. The lowest BCUT2D eigenvalue weighted by Crippen LogP contribution is -2.36. The lowest BCUT2D eigenvalue weighted by molar-refractivity contribution is 0.274. The third kappa shape index (κ3) is 1.48. The van der Waals surface area contributed by atoms with Crippen LogP contribution in [-0.4, -0.2) is 20.7 Å². The van der Waals surface area contributed by atoms with Crippen LogP contribution in [0, 0.1) is 0 Å². The van der Waals surface area contributed by atoms with Crippen LogP contribution in [0.5, 0.6) is 0 Å². The number of imidazole rings is 1. The van der Waals surface area contributed by atoms with Gasteiger partial charge in [0.05, 0.1) is 12.3 Å². The van der Waals surface area contributed by atoms with Crippen molar-refractivity contribution in [3.8, 4) is 0 Å². The summed E-state index contributed by atoms with van der Waals surface area (Å²) in [6, 6.07) is 0.360. The predicted molar refractivity (Wildman–Crippen MR) is 61.0 cm³/mol. The van der Waals surface area contributed by atoms with Gasteiger partial charge in [-0.1, -0.05) is 0 Å². The maximum atomic E-state index is 9.33. The first-order chi connectivity index (χ1) is 7.79. The van der Waals surface area contributed by atoms with Gasteiger partial charge in [0.25, 0.3) is 0 Å². The first-order valence-corrected chi connectivity index (χ1v) is 6.24.